The minimum Gasteiger partial charge on any atom is -0.459 e. The Labute approximate surface area is 153 Å². The van der Waals surface area contributed by atoms with E-state index in [-0.39, 0.29) is 17.9 Å². The zero-order valence-corrected chi connectivity index (χ0v) is 15.5. The molecule has 0 bridgehead atoms. The zero-order chi connectivity index (χ0) is 18.7. The molecule has 1 N–H and O–H groups in total. The molecule has 1 aliphatic heterocycles. The Morgan fingerprint density at radius 1 is 1.04 bits per heavy atom. The first-order valence-corrected chi connectivity index (χ1v) is 8.91. The van der Waals surface area contributed by atoms with Crippen LogP contribution in [0.2, 0.25) is 0 Å². The summed E-state index contributed by atoms with van der Waals surface area (Å²) < 4.78 is 5.18. The summed E-state index contributed by atoms with van der Waals surface area (Å²) in [5.41, 5.74) is 3.00. The fraction of sp³-hybridized carbons (Fsp3) is 0.400. The van der Waals surface area contributed by atoms with Crippen molar-refractivity contribution in [1.82, 2.24) is 9.80 Å². The fourth-order valence-corrected chi connectivity index (χ4v) is 3.27. The molecule has 2 aromatic rings. The van der Waals surface area contributed by atoms with Crippen molar-refractivity contribution in [3.05, 3.63) is 53.5 Å². The molecule has 1 fully saturated rings. The number of carbonyl (C=O) groups excluding carboxylic acids is 2. The van der Waals surface area contributed by atoms with E-state index >= 15 is 0 Å². The number of anilines is 1. The Bertz CT molecular complexity index is 757. The molecule has 1 aromatic heterocycles. The Hall–Kier alpha value is -2.60. The lowest BCUT2D eigenvalue weighted by molar-refractivity contribution is -0.121. The normalized spacial score (nSPS) is 16.3. The molecule has 0 saturated carbocycles. The molecule has 0 aliphatic carbocycles. The Kier molecular flexibility index (Phi) is 5.42. The van der Waals surface area contributed by atoms with E-state index in [1.54, 1.807) is 17.0 Å². The summed E-state index contributed by atoms with van der Waals surface area (Å²) in [6.45, 7) is 8.38. The molecule has 0 spiro atoms. The van der Waals surface area contributed by atoms with Crippen molar-refractivity contribution >= 4 is 17.5 Å². The highest BCUT2D eigenvalue weighted by Crippen LogP contribution is 2.20. The van der Waals surface area contributed by atoms with E-state index in [1.165, 1.54) is 6.26 Å². The van der Waals surface area contributed by atoms with Crippen molar-refractivity contribution < 1.29 is 14.0 Å². The summed E-state index contributed by atoms with van der Waals surface area (Å²) >= 11 is 0. The van der Waals surface area contributed by atoms with Crippen molar-refractivity contribution in [1.29, 1.82) is 0 Å². The number of nitrogens with zero attached hydrogens (tertiary/aromatic N) is 2. The topological polar surface area (TPSA) is 65.8 Å². The van der Waals surface area contributed by atoms with Gasteiger partial charge >= 0.3 is 0 Å². The van der Waals surface area contributed by atoms with Crippen molar-refractivity contribution in [2.75, 3.05) is 31.5 Å². The second-order valence-electron chi connectivity index (χ2n) is 6.74. The predicted octanol–water partition coefficient (Wildman–Crippen LogP) is 2.68. The number of para-hydroxylation sites is 1. The smallest absolute Gasteiger partial charge is 0.289 e. The first kappa shape index (κ1) is 18.2. The van der Waals surface area contributed by atoms with E-state index in [0.717, 1.165) is 16.8 Å². The number of benzene rings is 1. The lowest BCUT2D eigenvalue weighted by atomic mass is 10.1. The van der Waals surface area contributed by atoms with E-state index in [9.17, 15) is 9.59 Å². The highest BCUT2D eigenvalue weighted by Gasteiger charge is 2.29. The van der Waals surface area contributed by atoms with Crippen LogP contribution in [0.15, 0.2) is 41.0 Å². The van der Waals surface area contributed by atoms with Crippen LogP contribution in [0.5, 0.6) is 0 Å². The molecule has 6 nitrogen and oxygen atoms in total. The molecule has 1 atom stereocenters. The molecule has 26 heavy (non-hydrogen) atoms. The van der Waals surface area contributed by atoms with Crippen LogP contribution in [0.4, 0.5) is 5.69 Å². The SMILES string of the molecule is Cc1cccc(C)c1NC(=O)[C@H](C)N1CCN(C(=O)c2ccco2)CC1. The third-order valence-corrected chi connectivity index (χ3v) is 4.99. The molecule has 2 amide bonds. The van der Waals surface area contributed by atoms with Gasteiger partial charge in [0.2, 0.25) is 5.91 Å². The van der Waals surface area contributed by atoms with Crippen molar-refractivity contribution in [2.45, 2.75) is 26.8 Å². The van der Waals surface area contributed by atoms with Gasteiger partial charge in [0.25, 0.3) is 5.91 Å². The molecule has 2 heterocycles. The molecule has 1 aromatic carbocycles. The Balaban J connectivity index is 1.57. The summed E-state index contributed by atoms with van der Waals surface area (Å²) in [6, 6.07) is 9.10. The Morgan fingerprint density at radius 2 is 1.69 bits per heavy atom. The van der Waals surface area contributed by atoms with Gasteiger partial charge in [0.05, 0.1) is 12.3 Å². The highest BCUT2D eigenvalue weighted by molar-refractivity contribution is 5.96. The van der Waals surface area contributed by atoms with Crippen LogP contribution in [-0.4, -0.2) is 53.8 Å². The number of rotatable bonds is 4. The standard InChI is InChI=1S/C20H25N3O3/c1-14-6-4-7-15(2)18(14)21-19(24)16(3)22-9-11-23(12-10-22)20(25)17-8-5-13-26-17/h4-8,13,16H,9-12H2,1-3H3,(H,21,24)/t16-/m0/s1. The van der Waals surface area contributed by atoms with E-state index < -0.39 is 0 Å². The predicted molar refractivity (Wildman–Crippen MR) is 100 cm³/mol. The molecule has 3 rings (SSSR count). The van der Waals surface area contributed by atoms with Crippen LogP contribution in [0.25, 0.3) is 0 Å². The summed E-state index contributed by atoms with van der Waals surface area (Å²) in [7, 11) is 0. The average Bonchev–Trinajstić information content (AvgIpc) is 3.18. The maximum atomic E-state index is 12.7. The second kappa shape index (κ2) is 7.74. The van der Waals surface area contributed by atoms with Gasteiger partial charge in [0, 0.05) is 31.9 Å². The third-order valence-electron chi connectivity index (χ3n) is 4.99. The third kappa shape index (κ3) is 3.80. The fourth-order valence-electron chi connectivity index (χ4n) is 3.27. The molecule has 0 radical (unpaired) electrons. The quantitative estimate of drug-likeness (QED) is 0.916. The lowest BCUT2D eigenvalue weighted by Crippen LogP contribution is -2.54. The van der Waals surface area contributed by atoms with E-state index in [2.05, 4.69) is 10.2 Å². The average molecular weight is 355 g/mol. The first-order valence-electron chi connectivity index (χ1n) is 8.91. The lowest BCUT2D eigenvalue weighted by Gasteiger charge is -2.37. The van der Waals surface area contributed by atoms with Gasteiger partial charge in [-0.25, -0.2) is 0 Å². The molecule has 0 unspecified atom stereocenters. The molecule has 138 valence electrons. The number of furan rings is 1. The molecule has 1 saturated heterocycles. The van der Waals surface area contributed by atoms with Crippen molar-refractivity contribution in [3.63, 3.8) is 0 Å². The minimum atomic E-state index is -0.255. The first-order chi connectivity index (χ1) is 12.5. The monoisotopic (exact) mass is 355 g/mol. The Morgan fingerprint density at radius 3 is 2.27 bits per heavy atom. The molecular formula is C20H25N3O3. The van der Waals surface area contributed by atoms with Crippen LogP contribution in [0.3, 0.4) is 0 Å². The van der Waals surface area contributed by atoms with Crippen molar-refractivity contribution in [2.24, 2.45) is 0 Å². The van der Waals surface area contributed by atoms with E-state index in [4.69, 9.17) is 4.42 Å². The maximum absolute atomic E-state index is 12.7. The van der Waals surface area contributed by atoms with Crippen LogP contribution in [-0.2, 0) is 4.79 Å². The number of hydrogen-bond donors (Lipinski definition) is 1. The maximum Gasteiger partial charge on any atom is 0.289 e. The van der Waals surface area contributed by atoms with Gasteiger partial charge < -0.3 is 14.6 Å². The number of aryl methyl sites for hydroxylation is 2. The number of nitrogens with one attached hydrogen (secondary N) is 1. The minimum absolute atomic E-state index is 0.0202. The summed E-state index contributed by atoms with van der Waals surface area (Å²) in [4.78, 5) is 28.9. The van der Waals surface area contributed by atoms with Crippen LogP contribution >= 0.6 is 0 Å². The summed E-state index contributed by atoms with van der Waals surface area (Å²) in [6.07, 6.45) is 1.50. The molecule has 1 aliphatic rings. The number of hydrogen-bond acceptors (Lipinski definition) is 4. The van der Waals surface area contributed by atoms with E-state index in [0.29, 0.717) is 31.9 Å². The van der Waals surface area contributed by atoms with Crippen LogP contribution in [0.1, 0.15) is 28.6 Å². The van der Waals surface area contributed by atoms with Gasteiger partial charge in [-0.05, 0) is 44.0 Å². The number of piperazine rings is 1. The van der Waals surface area contributed by atoms with Gasteiger partial charge in [-0.2, -0.15) is 0 Å². The highest BCUT2D eigenvalue weighted by atomic mass is 16.3. The number of carbonyl (C=O) groups is 2. The molecule has 6 heteroatoms. The van der Waals surface area contributed by atoms with Gasteiger partial charge in [-0.15, -0.1) is 0 Å². The van der Waals surface area contributed by atoms with Crippen LogP contribution < -0.4 is 5.32 Å². The second-order valence-corrected chi connectivity index (χ2v) is 6.74. The van der Waals surface area contributed by atoms with Crippen LogP contribution in [0, 0.1) is 13.8 Å². The van der Waals surface area contributed by atoms with Crippen molar-refractivity contribution in [3.8, 4) is 0 Å². The largest absolute Gasteiger partial charge is 0.459 e. The summed E-state index contributed by atoms with van der Waals surface area (Å²) in [5.74, 6) is 0.245. The van der Waals surface area contributed by atoms with Gasteiger partial charge in [-0.1, -0.05) is 18.2 Å². The van der Waals surface area contributed by atoms with Gasteiger partial charge in [-0.3, -0.25) is 14.5 Å². The van der Waals surface area contributed by atoms with Gasteiger partial charge in [0.1, 0.15) is 0 Å². The number of amides is 2. The molecular weight excluding hydrogens is 330 g/mol. The van der Waals surface area contributed by atoms with Gasteiger partial charge in [0.15, 0.2) is 5.76 Å². The van der Waals surface area contributed by atoms with E-state index in [1.807, 2.05) is 39.0 Å². The zero-order valence-electron chi connectivity index (χ0n) is 15.5. The summed E-state index contributed by atoms with van der Waals surface area (Å²) in [5, 5.41) is 3.06.